The highest BCUT2D eigenvalue weighted by atomic mass is 35.5. The molecule has 0 atom stereocenters. The Morgan fingerprint density at radius 3 is 2.50 bits per heavy atom. The SMILES string of the molecule is C=C(Cl)/C=C\C(=C/C)CN1CCC(C)CC1. The average Bonchev–Trinajstić information content (AvgIpc) is 2.26. The van der Waals surface area contributed by atoms with Gasteiger partial charge in [-0.3, -0.25) is 4.90 Å². The number of nitrogens with zero attached hydrogens (tertiary/aromatic N) is 1. The van der Waals surface area contributed by atoms with Gasteiger partial charge in [-0.1, -0.05) is 37.3 Å². The fourth-order valence-corrected chi connectivity index (χ4v) is 1.98. The van der Waals surface area contributed by atoms with Crippen molar-refractivity contribution in [3.63, 3.8) is 0 Å². The van der Waals surface area contributed by atoms with Gasteiger partial charge in [0, 0.05) is 11.6 Å². The minimum absolute atomic E-state index is 0.589. The van der Waals surface area contributed by atoms with E-state index in [0.29, 0.717) is 5.03 Å². The van der Waals surface area contributed by atoms with Crippen molar-refractivity contribution in [2.45, 2.75) is 26.7 Å². The first-order chi connectivity index (χ1) is 7.61. The molecule has 0 unspecified atom stereocenters. The minimum atomic E-state index is 0.589. The largest absolute Gasteiger partial charge is 0.299 e. The molecule has 1 rings (SSSR count). The van der Waals surface area contributed by atoms with E-state index in [2.05, 4.69) is 37.5 Å². The third-order valence-electron chi connectivity index (χ3n) is 3.13. The van der Waals surface area contributed by atoms with Crippen molar-refractivity contribution in [2.24, 2.45) is 5.92 Å². The van der Waals surface area contributed by atoms with E-state index in [-0.39, 0.29) is 0 Å². The maximum Gasteiger partial charge on any atom is 0.0334 e. The zero-order valence-corrected chi connectivity index (χ0v) is 11.1. The summed E-state index contributed by atoms with van der Waals surface area (Å²) >= 11 is 5.72. The van der Waals surface area contributed by atoms with Crippen molar-refractivity contribution < 1.29 is 0 Å². The average molecular weight is 240 g/mol. The standard InChI is InChI=1S/C14H22ClN/c1-4-14(6-5-13(3)15)11-16-9-7-12(2)8-10-16/h4-6,12H,3,7-11H2,1-2H3/b6-5-,14-4+. The molecule has 0 amide bonds. The highest BCUT2D eigenvalue weighted by molar-refractivity contribution is 6.30. The molecule has 0 bridgehead atoms. The lowest BCUT2D eigenvalue weighted by atomic mass is 9.99. The fraction of sp³-hybridized carbons (Fsp3) is 0.571. The third kappa shape index (κ3) is 5.00. The predicted molar refractivity (Wildman–Crippen MR) is 72.7 cm³/mol. The smallest absolute Gasteiger partial charge is 0.0334 e. The molecule has 0 radical (unpaired) electrons. The van der Waals surface area contributed by atoms with E-state index in [0.717, 1.165) is 12.5 Å². The van der Waals surface area contributed by atoms with Crippen LogP contribution in [0.2, 0.25) is 0 Å². The van der Waals surface area contributed by atoms with E-state index in [1.807, 2.05) is 6.08 Å². The molecular formula is C14H22ClN. The lowest BCUT2D eigenvalue weighted by Crippen LogP contribution is -2.34. The molecule has 0 N–H and O–H groups in total. The maximum atomic E-state index is 5.72. The van der Waals surface area contributed by atoms with E-state index in [9.17, 15) is 0 Å². The van der Waals surface area contributed by atoms with Crippen LogP contribution in [0, 0.1) is 5.92 Å². The molecule has 0 aromatic rings. The van der Waals surface area contributed by atoms with Gasteiger partial charge in [-0.05, 0) is 50.4 Å². The molecule has 90 valence electrons. The molecule has 1 aliphatic heterocycles. The van der Waals surface area contributed by atoms with Gasteiger partial charge in [-0.15, -0.1) is 0 Å². The molecule has 1 aliphatic rings. The van der Waals surface area contributed by atoms with Gasteiger partial charge in [0.15, 0.2) is 0 Å². The van der Waals surface area contributed by atoms with Gasteiger partial charge in [0.2, 0.25) is 0 Å². The van der Waals surface area contributed by atoms with Crippen molar-refractivity contribution in [1.29, 1.82) is 0 Å². The Morgan fingerprint density at radius 2 is 2.00 bits per heavy atom. The number of hydrogen-bond acceptors (Lipinski definition) is 1. The lowest BCUT2D eigenvalue weighted by molar-refractivity contribution is 0.207. The van der Waals surface area contributed by atoms with E-state index in [1.165, 1.54) is 31.5 Å². The number of likely N-dealkylation sites (tertiary alicyclic amines) is 1. The van der Waals surface area contributed by atoms with E-state index >= 15 is 0 Å². The molecule has 0 aromatic heterocycles. The summed E-state index contributed by atoms with van der Waals surface area (Å²) in [6.45, 7) is 11.5. The van der Waals surface area contributed by atoms with Crippen LogP contribution >= 0.6 is 11.6 Å². The van der Waals surface area contributed by atoms with Crippen molar-refractivity contribution in [2.75, 3.05) is 19.6 Å². The van der Waals surface area contributed by atoms with Crippen molar-refractivity contribution >= 4 is 11.6 Å². The lowest BCUT2D eigenvalue weighted by Gasteiger charge is -2.30. The first-order valence-corrected chi connectivity index (χ1v) is 6.39. The van der Waals surface area contributed by atoms with Crippen LogP contribution in [0.4, 0.5) is 0 Å². The molecule has 1 nitrogen and oxygen atoms in total. The van der Waals surface area contributed by atoms with Crippen molar-refractivity contribution in [3.05, 3.63) is 35.4 Å². The molecule has 16 heavy (non-hydrogen) atoms. The summed E-state index contributed by atoms with van der Waals surface area (Å²) in [6.07, 6.45) is 8.72. The normalized spacial score (nSPS) is 20.6. The molecule has 0 saturated carbocycles. The van der Waals surface area contributed by atoms with Crippen LogP contribution in [0.15, 0.2) is 35.4 Å². The van der Waals surface area contributed by atoms with Crippen LogP contribution in [0.1, 0.15) is 26.7 Å². The first kappa shape index (κ1) is 13.5. The van der Waals surface area contributed by atoms with Crippen LogP contribution in [0.25, 0.3) is 0 Å². The molecule has 1 fully saturated rings. The Bertz CT molecular complexity index is 283. The summed E-state index contributed by atoms with van der Waals surface area (Å²) in [4.78, 5) is 2.51. The van der Waals surface area contributed by atoms with Gasteiger partial charge in [-0.2, -0.15) is 0 Å². The monoisotopic (exact) mass is 239 g/mol. The molecular weight excluding hydrogens is 218 g/mol. The topological polar surface area (TPSA) is 3.24 Å². The fourth-order valence-electron chi connectivity index (χ4n) is 1.92. The number of rotatable bonds is 4. The van der Waals surface area contributed by atoms with E-state index in [1.54, 1.807) is 0 Å². The number of piperidine rings is 1. The Labute approximate surface area is 104 Å². The predicted octanol–water partition coefficient (Wildman–Crippen LogP) is 3.97. The molecule has 0 aliphatic carbocycles. The second kappa shape index (κ2) is 6.93. The number of halogens is 1. The highest BCUT2D eigenvalue weighted by Gasteiger charge is 2.15. The van der Waals surface area contributed by atoms with Gasteiger partial charge < -0.3 is 0 Å². The van der Waals surface area contributed by atoms with Crippen LogP contribution < -0.4 is 0 Å². The minimum Gasteiger partial charge on any atom is -0.299 e. The third-order valence-corrected chi connectivity index (χ3v) is 3.26. The summed E-state index contributed by atoms with van der Waals surface area (Å²) in [5.74, 6) is 0.892. The van der Waals surface area contributed by atoms with Gasteiger partial charge in [0.1, 0.15) is 0 Å². The van der Waals surface area contributed by atoms with Crippen molar-refractivity contribution in [1.82, 2.24) is 4.90 Å². The van der Waals surface area contributed by atoms with Crippen LogP contribution in [0.5, 0.6) is 0 Å². The summed E-state index contributed by atoms with van der Waals surface area (Å²) < 4.78 is 0. The summed E-state index contributed by atoms with van der Waals surface area (Å²) in [6, 6.07) is 0. The zero-order valence-electron chi connectivity index (χ0n) is 10.4. The summed E-state index contributed by atoms with van der Waals surface area (Å²) in [7, 11) is 0. The van der Waals surface area contributed by atoms with Crippen LogP contribution in [0.3, 0.4) is 0 Å². The van der Waals surface area contributed by atoms with Gasteiger partial charge in [0.25, 0.3) is 0 Å². The van der Waals surface area contributed by atoms with E-state index in [4.69, 9.17) is 11.6 Å². The second-order valence-electron chi connectivity index (χ2n) is 4.60. The molecule has 0 spiro atoms. The molecule has 0 aromatic carbocycles. The van der Waals surface area contributed by atoms with Gasteiger partial charge in [0.05, 0.1) is 0 Å². The number of hydrogen-bond donors (Lipinski definition) is 0. The van der Waals surface area contributed by atoms with Gasteiger partial charge >= 0.3 is 0 Å². The zero-order chi connectivity index (χ0) is 12.0. The first-order valence-electron chi connectivity index (χ1n) is 6.02. The molecule has 1 saturated heterocycles. The maximum absolute atomic E-state index is 5.72. The Balaban J connectivity index is 2.42. The summed E-state index contributed by atoms with van der Waals surface area (Å²) in [5.41, 5.74) is 1.32. The molecule has 1 heterocycles. The Hall–Kier alpha value is -0.530. The quantitative estimate of drug-likeness (QED) is 0.671. The van der Waals surface area contributed by atoms with E-state index < -0.39 is 0 Å². The molecule has 2 heteroatoms. The Kier molecular flexibility index (Phi) is 5.86. The summed E-state index contributed by atoms with van der Waals surface area (Å²) in [5, 5.41) is 0.589. The van der Waals surface area contributed by atoms with Crippen molar-refractivity contribution in [3.8, 4) is 0 Å². The Morgan fingerprint density at radius 1 is 1.38 bits per heavy atom. The van der Waals surface area contributed by atoms with Gasteiger partial charge in [-0.25, -0.2) is 0 Å². The van der Waals surface area contributed by atoms with Crippen LogP contribution in [-0.2, 0) is 0 Å². The second-order valence-corrected chi connectivity index (χ2v) is 5.09. The van der Waals surface area contributed by atoms with Crippen LogP contribution in [-0.4, -0.2) is 24.5 Å². The highest BCUT2D eigenvalue weighted by Crippen LogP contribution is 2.17. The number of allylic oxidation sites excluding steroid dienone is 3.